The molecule has 3 saturated carbocycles. The smallest absolute Gasteiger partial charge is 0.0794 e. The van der Waals surface area contributed by atoms with Crippen LogP contribution in [0.1, 0.15) is 71.1 Å². The van der Waals surface area contributed by atoms with E-state index < -0.39 is 5.60 Å². The summed E-state index contributed by atoms with van der Waals surface area (Å²) in [5.41, 5.74) is 1.47. The number of alkyl halides is 1. The van der Waals surface area contributed by atoms with Gasteiger partial charge in [-0.2, -0.15) is 0 Å². The van der Waals surface area contributed by atoms with Gasteiger partial charge in [-0.1, -0.05) is 18.6 Å². The maximum absolute atomic E-state index is 11.6. The van der Waals surface area contributed by atoms with Crippen molar-refractivity contribution < 1.29 is 5.11 Å². The molecule has 0 aromatic rings. The maximum atomic E-state index is 11.6. The van der Waals surface area contributed by atoms with Crippen LogP contribution >= 0.6 is 35.1 Å². The van der Waals surface area contributed by atoms with Gasteiger partial charge in [-0.05, 0) is 87.9 Å². The number of hydrogen-bond donors (Lipinski definition) is 1. The fourth-order valence-corrected chi connectivity index (χ4v) is 11.7. The van der Waals surface area contributed by atoms with E-state index in [-0.39, 0.29) is 5.41 Å². The second-order valence-corrected chi connectivity index (χ2v) is 13.4. The number of halogens is 1. The number of fused-ring (bicyclic) bond motifs is 5. The normalized spacial score (nSPS) is 48.0. The van der Waals surface area contributed by atoms with Gasteiger partial charge in [0.25, 0.3) is 0 Å². The molecular formula is C23H35ClOS2. The fraction of sp³-hybridized carbons (Fsp3) is 0.913. The van der Waals surface area contributed by atoms with Gasteiger partial charge in [-0.15, -0.1) is 35.1 Å². The first-order valence-corrected chi connectivity index (χ1v) is 13.8. The van der Waals surface area contributed by atoms with Crippen molar-refractivity contribution in [3.05, 3.63) is 11.6 Å². The van der Waals surface area contributed by atoms with E-state index in [2.05, 4.69) is 36.5 Å². The zero-order chi connectivity index (χ0) is 18.7. The van der Waals surface area contributed by atoms with Crippen LogP contribution in [0.4, 0.5) is 0 Å². The van der Waals surface area contributed by atoms with E-state index in [1.54, 1.807) is 0 Å². The lowest BCUT2D eigenvalue weighted by molar-refractivity contribution is -0.131. The summed E-state index contributed by atoms with van der Waals surface area (Å²) in [6.07, 6.45) is 15.0. The highest BCUT2D eigenvalue weighted by molar-refractivity contribution is 8.21. The highest BCUT2D eigenvalue weighted by Gasteiger charge is 2.63. The first-order chi connectivity index (χ1) is 13.1. The van der Waals surface area contributed by atoms with Crippen molar-refractivity contribution in [1.82, 2.24) is 0 Å². The summed E-state index contributed by atoms with van der Waals surface area (Å²) in [6.45, 7) is 2.34. The van der Waals surface area contributed by atoms with E-state index in [1.807, 2.05) is 5.57 Å². The number of thioether (sulfide) groups is 2. The molecule has 4 aliphatic carbocycles. The molecule has 0 aromatic carbocycles. The highest BCUT2D eigenvalue weighted by atomic mass is 35.5. The molecule has 0 unspecified atom stereocenters. The molecule has 1 saturated heterocycles. The zero-order valence-corrected chi connectivity index (χ0v) is 19.1. The minimum absolute atomic E-state index is 0.150. The Labute approximate surface area is 178 Å². The molecule has 0 bridgehead atoms. The summed E-state index contributed by atoms with van der Waals surface area (Å²) in [5, 5.41) is 11.6. The molecule has 152 valence electrons. The van der Waals surface area contributed by atoms with Gasteiger partial charge in [0.15, 0.2) is 0 Å². The number of aliphatic hydroxyl groups is 1. The van der Waals surface area contributed by atoms with Crippen LogP contribution in [0.5, 0.6) is 0 Å². The molecule has 1 aliphatic heterocycles. The van der Waals surface area contributed by atoms with E-state index in [0.29, 0.717) is 9.96 Å². The molecule has 0 aromatic heterocycles. The summed E-state index contributed by atoms with van der Waals surface area (Å²) in [4.78, 5) is 0. The van der Waals surface area contributed by atoms with E-state index in [0.717, 1.165) is 42.9 Å². The number of allylic oxidation sites excluding steroid dienone is 1. The Morgan fingerprint density at radius 3 is 2.63 bits per heavy atom. The lowest BCUT2D eigenvalue weighted by Gasteiger charge is -2.57. The van der Waals surface area contributed by atoms with Crippen LogP contribution in [0.2, 0.25) is 0 Å². The first kappa shape index (κ1) is 19.6. The Kier molecular flexibility index (Phi) is 5.19. The molecule has 1 nitrogen and oxygen atoms in total. The van der Waals surface area contributed by atoms with Crippen molar-refractivity contribution in [3.63, 3.8) is 0 Å². The highest BCUT2D eigenvalue weighted by Crippen LogP contribution is 2.67. The standard InChI is InChI=1S/C23H35ClOS2/c1-2-21-8-5-18-17-6-10-23(26-13-14-27-23)15-16(17)3-4-19(18)20(21)7-9-22(21,25)11-12-24/h15,17-20,25H,2-14H2,1H3/t17-,18+,19+,20-,21-,22+/m0/s1. The largest absolute Gasteiger partial charge is 0.389 e. The summed E-state index contributed by atoms with van der Waals surface area (Å²) in [7, 11) is 0. The molecule has 27 heavy (non-hydrogen) atoms. The Bertz CT molecular complexity index is 615. The van der Waals surface area contributed by atoms with Crippen molar-refractivity contribution in [1.29, 1.82) is 0 Å². The third-order valence-electron chi connectivity index (χ3n) is 9.38. The molecule has 0 amide bonds. The van der Waals surface area contributed by atoms with Crippen LogP contribution in [0.15, 0.2) is 11.6 Å². The van der Waals surface area contributed by atoms with Crippen LogP contribution in [-0.2, 0) is 0 Å². The van der Waals surface area contributed by atoms with E-state index >= 15 is 0 Å². The van der Waals surface area contributed by atoms with Crippen molar-refractivity contribution in [2.45, 2.75) is 80.8 Å². The molecule has 0 radical (unpaired) electrons. The van der Waals surface area contributed by atoms with E-state index in [1.165, 1.54) is 56.5 Å². The molecule has 4 fully saturated rings. The molecule has 4 heteroatoms. The summed E-state index contributed by atoms with van der Waals surface area (Å²) in [5.74, 6) is 6.61. The number of hydrogen-bond acceptors (Lipinski definition) is 3. The van der Waals surface area contributed by atoms with E-state index in [4.69, 9.17) is 11.6 Å². The van der Waals surface area contributed by atoms with E-state index in [9.17, 15) is 5.11 Å². The van der Waals surface area contributed by atoms with Gasteiger partial charge >= 0.3 is 0 Å². The minimum atomic E-state index is -0.497. The summed E-state index contributed by atoms with van der Waals surface area (Å²) < 4.78 is 0.439. The predicted octanol–water partition coefficient (Wildman–Crippen LogP) is 6.49. The minimum Gasteiger partial charge on any atom is -0.389 e. The Morgan fingerprint density at radius 2 is 1.89 bits per heavy atom. The molecular weight excluding hydrogens is 392 g/mol. The van der Waals surface area contributed by atoms with Crippen molar-refractivity contribution in [2.75, 3.05) is 17.4 Å². The molecule has 5 aliphatic rings. The molecule has 1 heterocycles. The maximum Gasteiger partial charge on any atom is 0.0794 e. The van der Waals surface area contributed by atoms with Gasteiger partial charge < -0.3 is 5.11 Å². The lowest BCUT2D eigenvalue weighted by Crippen LogP contribution is -2.54. The number of rotatable bonds is 3. The Hall–Kier alpha value is 0.690. The van der Waals surface area contributed by atoms with Gasteiger partial charge in [0.1, 0.15) is 0 Å². The molecule has 5 rings (SSSR count). The molecule has 1 N–H and O–H groups in total. The summed E-state index contributed by atoms with van der Waals surface area (Å²) >= 11 is 10.6. The van der Waals surface area contributed by atoms with Crippen LogP contribution in [0, 0.1) is 29.1 Å². The predicted molar refractivity (Wildman–Crippen MR) is 120 cm³/mol. The van der Waals surface area contributed by atoms with Crippen LogP contribution in [-0.4, -0.2) is 32.2 Å². The van der Waals surface area contributed by atoms with Crippen molar-refractivity contribution in [3.8, 4) is 0 Å². The van der Waals surface area contributed by atoms with Crippen molar-refractivity contribution in [2.24, 2.45) is 29.1 Å². The average Bonchev–Trinajstić information content (AvgIpc) is 3.24. The summed E-state index contributed by atoms with van der Waals surface area (Å²) in [6, 6.07) is 0. The van der Waals surface area contributed by atoms with Crippen LogP contribution in [0.3, 0.4) is 0 Å². The van der Waals surface area contributed by atoms with Gasteiger partial charge in [0, 0.05) is 22.8 Å². The monoisotopic (exact) mass is 426 g/mol. The Morgan fingerprint density at radius 1 is 1.07 bits per heavy atom. The zero-order valence-electron chi connectivity index (χ0n) is 16.7. The average molecular weight is 427 g/mol. The van der Waals surface area contributed by atoms with Crippen molar-refractivity contribution >= 4 is 35.1 Å². The van der Waals surface area contributed by atoms with Gasteiger partial charge in [0.2, 0.25) is 0 Å². The lowest BCUT2D eigenvalue weighted by atomic mass is 9.49. The fourth-order valence-electron chi connectivity index (χ4n) is 8.24. The van der Waals surface area contributed by atoms with Crippen LogP contribution < -0.4 is 0 Å². The molecule has 1 spiro atoms. The quantitative estimate of drug-likeness (QED) is 0.411. The first-order valence-electron chi connectivity index (χ1n) is 11.3. The second kappa shape index (κ2) is 7.13. The SMILES string of the molecule is CC[C@]12CC[C@H]3[C@@H](CCC4=CC5(CC[C@@H]43)SCCS5)[C@@H]1CC[C@@]2(O)CCCl. The topological polar surface area (TPSA) is 20.2 Å². The van der Waals surface area contributed by atoms with Gasteiger partial charge in [-0.25, -0.2) is 0 Å². The van der Waals surface area contributed by atoms with Crippen LogP contribution in [0.25, 0.3) is 0 Å². The van der Waals surface area contributed by atoms with Gasteiger partial charge in [0.05, 0.1) is 9.68 Å². The third kappa shape index (κ3) is 2.84. The third-order valence-corrected chi connectivity index (χ3v) is 13.0. The van der Waals surface area contributed by atoms with Gasteiger partial charge in [-0.3, -0.25) is 0 Å². The second-order valence-electron chi connectivity index (χ2n) is 9.90. The molecule has 6 atom stereocenters. The Balaban J connectivity index is 1.41.